The van der Waals surface area contributed by atoms with Gasteiger partial charge in [0.05, 0.1) is 14.1 Å². The largest absolute Gasteiger partial charge is 0.741 e. The second-order valence-electron chi connectivity index (χ2n) is 24.8. The molecular weight excluding hydrogens is 1640 g/mol. The van der Waals surface area contributed by atoms with Crippen LogP contribution in [0.5, 0.6) is 0 Å². The fourth-order valence-electron chi connectivity index (χ4n) is 7.68. The first kappa shape index (κ1) is 99.6. The van der Waals surface area contributed by atoms with Gasteiger partial charge in [-0.3, -0.25) is 4.79 Å². The van der Waals surface area contributed by atoms with Crippen LogP contribution < -0.4 is 20.2 Å². The first-order valence-corrected chi connectivity index (χ1v) is 41.1. The molecule has 113 heavy (non-hydrogen) atoms. The summed E-state index contributed by atoms with van der Waals surface area (Å²) in [4.78, 5) is 24.8. The zero-order valence-corrected chi connectivity index (χ0v) is 67.1. The van der Waals surface area contributed by atoms with Crippen molar-refractivity contribution in [3.63, 3.8) is 0 Å². The number of benzene rings is 4. The molecule has 0 unspecified atom stereocenters. The Morgan fingerprint density at radius 1 is 0.442 bits per heavy atom. The number of rotatable bonds is 22. The van der Waals surface area contributed by atoms with E-state index in [1.54, 1.807) is 59.9 Å². The molecule has 0 bridgehead atoms. The van der Waals surface area contributed by atoms with Gasteiger partial charge < -0.3 is 20.2 Å². The van der Waals surface area contributed by atoms with Crippen molar-refractivity contribution in [1.29, 1.82) is 0 Å². The van der Waals surface area contributed by atoms with Gasteiger partial charge >= 0.3 is 51.9 Å². The minimum absolute atomic E-state index is 0.170. The zero-order chi connectivity index (χ0) is 85.9. The van der Waals surface area contributed by atoms with Crippen molar-refractivity contribution in [3.05, 3.63) is 255 Å². The van der Waals surface area contributed by atoms with Crippen molar-refractivity contribution in [3.8, 4) is 0 Å². The average Bonchev–Trinajstić information content (AvgIpc) is 1.71. The predicted molar refractivity (Wildman–Crippen MR) is 392 cm³/mol. The second kappa shape index (κ2) is 46.1. The molecule has 0 spiro atoms. The summed E-state index contributed by atoms with van der Waals surface area (Å²) in [5, 5.41) is 3.30. The number of alkyl halides is 6. The van der Waals surface area contributed by atoms with E-state index in [1.807, 2.05) is 39.8 Å². The standard InChI is InChI=1S/C15H21FN3O2S.C14H18FN3O2S.C11H16FN.C7H5FO.C7H9N4O2S.C6H6N4O2S.C4H11N.2CHF3O3S/c1-13(2)10-19(11-14-4-6-15(16)7-5-14)22(20,21)18-9-8-17(3)12-18;1-12(2)9-18(10-13-3-5-14(15)6-4-13)21(19,20)17-8-7-16-11-17;1-9(2)7-13-8-10-3-5-11(12)6-4-10;8-7-3-1-6(5-9)2-4-7;1-9-4-5-11(7-9)14(12,13)10-3-2-8-6-10;11-13(12,9-3-1-7-5-9)10-4-2-8-6-10;1-4(2)3-5;2*2-1(3,4)8(5,6)7/h4-9,12-13H,10-11H2,1-3H3;3-8,11-12H,9-10H2,1-2H3;3-6,9,13H,7-8H2,1-2H3;1-5H;2-7H,1H3;1-6H;4H,3,5H2,1-2H3;2*(H,5,6,7)/q+1;;;;+1;;;;/p-2. The van der Waals surface area contributed by atoms with Crippen molar-refractivity contribution in [2.75, 3.05) is 26.2 Å². The summed E-state index contributed by atoms with van der Waals surface area (Å²) in [6.45, 7) is 20.1. The van der Waals surface area contributed by atoms with Crippen molar-refractivity contribution >= 4 is 67.4 Å². The van der Waals surface area contributed by atoms with Crippen molar-refractivity contribution in [2.24, 2.45) is 43.5 Å². The van der Waals surface area contributed by atoms with Gasteiger partial charge in [-0.1, -0.05) is 91.8 Å². The van der Waals surface area contributed by atoms with E-state index < -0.39 is 72.1 Å². The Kier molecular flexibility index (Phi) is 40.6. The fourth-order valence-corrected chi connectivity index (χ4v) is 12.7. The van der Waals surface area contributed by atoms with Gasteiger partial charge in [0, 0.05) is 87.9 Å². The van der Waals surface area contributed by atoms with E-state index in [4.69, 9.17) is 31.7 Å². The molecule has 0 saturated carbocycles. The number of hydrogen-bond donors (Lipinski definition) is 2. The molecule has 6 heterocycles. The van der Waals surface area contributed by atoms with Crippen LogP contribution in [0.2, 0.25) is 0 Å². The summed E-state index contributed by atoms with van der Waals surface area (Å²) in [7, 11) is -23.1. The first-order valence-electron chi connectivity index (χ1n) is 32.7. The van der Waals surface area contributed by atoms with Crippen LogP contribution in [0.25, 0.3) is 0 Å². The van der Waals surface area contributed by atoms with Gasteiger partial charge in [-0.05, 0) is 114 Å². The number of carbonyl (C=O) groups excluding carboxylic acids is 1. The maximum absolute atomic E-state index is 13.0. The summed E-state index contributed by atoms with van der Waals surface area (Å²) in [6, 6.07) is 23.7. The highest BCUT2D eigenvalue weighted by Crippen LogP contribution is 2.22. The summed E-state index contributed by atoms with van der Waals surface area (Å²) >= 11 is 0. The van der Waals surface area contributed by atoms with Gasteiger partial charge in [0.15, 0.2) is 20.2 Å². The molecule has 0 amide bonds. The second-order valence-corrected chi connectivity index (χ2v) is 34.7. The Morgan fingerprint density at radius 3 is 0.982 bits per heavy atom. The lowest BCUT2D eigenvalue weighted by atomic mass is 10.2. The van der Waals surface area contributed by atoms with Crippen LogP contribution in [0.1, 0.15) is 82.4 Å². The Bertz CT molecular complexity index is 5010. The van der Waals surface area contributed by atoms with Crippen molar-refractivity contribution in [1.82, 2.24) is 57.7 Å². The monoisotopic (exact) mass is 1720 g/mol. The maximum atomic E-state index is 13.0. The molecule has 10 rings (SSSR count). The molecule has 3 N–H and O–H groups in total. The van der Waals surface area contributed by atoms with Crippen LogP contribution in [0.15, 0.2) is 209 Å². The van der Waals surface area contributed by atoms with E-state index >= 15 is 0 Å². The van der Waals surface area contributed by atoms with Crippen LogP contribution >= 0.6 is 0 Å². The lowest BCUT2D eigenvalue weighted by Crippen LogP contribution is -2.38. The van der Waals surface area contributed by atoms with E-state index in [0.717, 1.165) is 56.2 Å². The van der Waals surface area contributed by atoms with Crippen LogP contribution in [0.4, 0.5) is 43.9 Å². The topological polar surface area (TPSA) is 401 Å². The number of nitrogens with two attached hydrogens (primary N) is 1. The lowest BCUT2D eigenvalue weighted by Gasteiger charge is -2.24. The molecule has 6 aromatic heterocycles. The number of nitrogens with zero attached hydrogens (tertiary/aromatic N) is 14. The number of hydrogen-bond acceptors (Lipinski definition) is 21. The zero-order valence-electron chi connectivity index (χ0n) is 62.2. The van der Waals surface area contributed by atoms with Crippen LogP contribution in [-0.2, 0) is 94.8 Å². The summed E-state index contributed by atoms with van der Waals surface area (Å²) in [6.07, 6.45) is 26.0. The quantitative estimate of drug-likeness (QED) is 0.0215. The molecule has 626 valence electrons. The molecule has 0 atom stereocenters. The average molecular weight is 1730 g/mol. The van der Waals surface area contributed by atoms with Gasteiger partial charge in [0.2, 0.25) is 0 Å². The smallest absolute Gasteiger partial charge is 0.485 e. The van der Waals surface area contributed by atoms with Gasteiger partial charge in [0.25, 0.3) is 12.7 Å². The number of aldehydes is 1. The van der Waals surface area contributed by atoms with E-state index in [9.17, 15) is 82.4 Å². The van der Waals surface area contributed by atoms with E-state index in [-0.39, 0.29) is 48.2 Å². The van der Waals surface area contributed by atoms with Gasteiger partial charge in [0.1, 0.15) is 79.7 Å². The lowest BCUT2D eigenvalue weighted by molar-refractivity contribution is -0.670. The predicted octanol–water partition coefficient (Wildman–Crippen LogP) is 7.76. The van der Waals surface area contributed by atoms with Crippen LogP contribution in [0, 0.1) is 46.9 Å². The number of aromatic nitrogens is 12. The van der Waals surface area contributed by atoms with Gasteiger partial charge in [-0.25, -0.2) is 75.4 Å². The minimum atomic E-state index is -6.09. The molecule has 0 aliphatic rings. The molecule has 0 saturated heterocycles. The Morgan fingerprint density at radius 2 is 0.726 bits per heavy atom. The molecule has 0 aliphatic carbocycles. The number of nitrogens with one attached hydrogen (secondary N) is 1. The molecule has 0 radical (unpaired) electrons. The Labute approximate surface area is 649 Å². The third kappa shape index (κ3) is 36.5. The van der Waals surface area contributed by atoms with E-state index in [2.05, 4.69) is 52.9 Å². The molecule has 0 aliphatic heterocycles. The molecule has 10 aromatic rings. The van der Waals surface area contributed by atoms with Gasteiger partial charge in [-0.2, -0.15) is 72.6 Å². The summed E-state index contributed by atoms with van der Waals surface area (Å²) in [5.74, 6) is 0.498. The molecule has 0 fully saturated rings. The normalized spacial score (nSPS) is 11.8. The van der Waals surface area contributed by atoms with Crippen LogP contribution in [-0.4, -0.2) is 155 Å². The Balaban J connectivity index is 0.000000445. The molecular formula is C66H86F10N16O15S6. The highest BCUT2D eigenvalue weighted by molar-refractivity contribution is 7.89. The highest BCUT2D eigenvalue weighted by Gasteiger charge is 2.38. The van der Waals surface area contributed by atoms with E-state index in [1.165, 1.54) is 173 Å². The number of imidazole rings is 6. The third-order valence-electron chi connectivity index (χ3n) is 13.2. The van der Waals surface area contributed by atoms with Crippen LogP contribution in [0.3, 0.4) is 0 Å². The molecule has 47 heteroatoms. The third-order valence-corrected chi connectivity index (χ3v) is 20.7. The number of aryl methyl sites for hydroxylation is 2. The first-order chi connectivity index (χ1) is 52.3. The minimum Gasteiger partial charge on any atom is -0.741 e. The van der Waals surface area contributed by atoms with Crippen molar-refractivity contribution in [2.45, 2.75) is 86.0 Å². The molecule has 4 aromatic carbocycles. The SMILES string of the molecule is CC(C)CN.CC(C)CN(Cc1ccc(F)cc1)S(=O)(=O)n1cc[n+](C)c1.CC(C)CN(Cc1ccc(F)cc1)S(=O)(=O)n1ccnc1.CC(C)CNCc1ccc(F)cc1.C[n+]1ccn(S(=O)(=O)n2ccnc2)c1.O=Cc1ccc(F)cc1.O=S(=O)([O-])C(F)(F)F.O=S(=O)([O-])C(F)(F)F.O=S(=O)(n1ccnc1)n1ccnc1. The highest BCUT2D eigenvalue weighted by atomic mass is 32.2. The molecule has 31 nitrogen and oxygen atoms in total. The summed E-state index contributed by atoms with van der Waals surface area (Å²) in [5.41, 5.74) is -3.01. The van der Waals surface area contributed by atoms with Crippen molar-refractivity contribution < 1.29 is 117 Å². The number of halogens is 10. The van der Waals surface area contributed by atoms with E-state index in [0.29, 0.717) is 36.8 Å². The fraction of sp³-hybridized carbons (Fsp3) is 0.348. The maximum Gasteiger partial charge on any atom is 0.485 e. The van der Waals surface area contributed by atoms with Gasteiger partial charge in [-0.15, -0.1) is 7.94 Å². The number of carbonyl (C=O) groups is 1. The summed E-state index contributed by atoms with van der Waals surface area (Å²) < 4.78 is 278. The Hall–Kier alpha value is -9.43.